The van der Waals surface area contributed by atoms with Crippen LogP contribution in [0.1, 0.15) is 5.56 Å². The van der Waals surface area contributed by atoms with Crippen LogP contribution >= 0.6 is 0 Å². The second-order valence-corrected chi connectivity index (χ2v) is 4.72. The Balaban J connectivity index is 1.85. The van der Waals surface area contributed by atoms with Crippen molar-refractivity contribution in [3.8, 4) is 17.0 Å². The molecule has 0 fully saturated rings. The van der Waals surface area contributed by atoms with Gasteiger partial charge in [0, 0.05) is 29.2 Å². The van der Waals surface area contributed by atoms with Gasteiger partial charge in [-0.1, -0.05) is 18.2 Å². The van der Waals surface area contributed by atoms with E-state index in [0.29, 0.717) is 12.4 Å². The lowest BCUT2D eigenvalue weighted by atomic mass is 10.1. The van der Waals surface area contributed by atoms with Crippen molar-refractivity contribution in [2.75, 3.05) is 12.8 Å². The largest absolute Gasteiger partial charge is 0.481 e. The number of ether oxygens (including phenoxy) is 1. The highest BCUT2D eigenvalue weighted by atomic mass is 16.5. The Kier molecular flexibility index (Phi) is 3.55. The van der Waals surface area contributed by atoms with Crippen LogP contribution in [0.5, 0.6) is 5.88 Å². The number of nitrogen functional groups attached to an aromatic ring is 1. The maximum atomic E-state index is 5.81. The number of hydrogen-bond donors (Lipinski definition) is 1. The molecule has 2 heterocycles. The van der Waals surface area contributed by atoms with Gasteiger partial charge in [-0.2, -0.15) is 5.10 Å². The van der Waals surface area contributed by atoms with Gasteiger partial charge in [-0.25, -0.2) is 4.98 Å². The maximum Gasteiger partial charge on any atom is 0.218 e. The van der Waals surface area contributed by atoms with E-state index in [0.717, 1.165) is 22.4 Å². The average molecular weight is 280 g/mol. The Labute approximate surface area is 123 Å². The van der Waals surface area contributed by atoms with E-state index in [4.69, 9.17) is 10.5 Å². The van der Waals surface area contributed by atoms with Crippen LogP contribution < -0.4 is 10.5 Å². The minimum Gasteiger partial charge on any atom is -0.481 e. The van der Waals surface area contributed by atoms with Crippen LogP contribution in [0.3, 0.4) is 0 Å². The third-order valence-electron chi connectivity index (χ3n) is 3.23. The van der Waals surface area contributed by atoms with Crippen molar-refractivity contribution in [3.05, 3.63) is 60.6 Å². The first kappa shape index (κ1) is 13.2. The molecule has 2 aromatic heterocycles. The number of hydrogen-bond acceptors (Lipinski definition) is 4. The molecule has 0 aliphatic rings. The molecule has 2 N–H and O–H groups in total. The van der Waals surface area contributed by atoms with E-state index in [9.17, 15) is 0 Å². The highest BCUT2D eigenvalue weighted by molar-refractivity contribution is 5.65. The summed E-state index contributed by atoms with van der Waals surface area (Å²) in [5, 5.41) is 4.39. The van der Waals surface area contributed by atoms with Gasteiger partial charge in [0.2, 0.25) is 5.88 Å². The summed E-state index contributed by atoms with van der Waals surface area (Å²) in [5.74, 6) is 0.624. The molecule has 1 aromatic carbocycles. The number of methoxy groups -OCH3 is 1. The van der Waals surface area contributed by atoms with Crippen molar-refractivity contribution < 1.29 is 4.74 Å². The number of benzene rings is 1. The van der Waals surface area contributed by atoms with E-state index >= 15 is 0 Å². The molecule has 0 amide bonds. The van der Waals surface area contributed by atoms with E-state index in [2.05, 4.69) is 10.1 Å². The van der Waals surface area contributed by atoms with Gasteiger partial charge in [-0.3, -0.25) is 4.68 Å². The van der Waals surface area contributed by atoms with Crippen LogP contribution in [-0.2, 0) is 6.54 Å². The zero-order chi connectivity index (χ0) is 14.7. The number of rotatable bonds is 4. The Morgan fingerprint density at radius 2 is 2.10 bits per heavy atom. The monoisotopic (exact) mass is 280 g/mol. The SMILES string of the molecule is COc1ncccc1Cn1cc(-c2cccc(N)c2)cn1. The molecular formula is C16H16N4O. The Bertz CT molecular complexity index is 751. The normalized spacial score (nSPS) is 10.5. The molecule has 5 heteroatoms. The zero-order valence-electron chi connectivity index (χ0n) is 11.7. The molecule has 3 aromatic rings. The Morgan fingerprint density at radius 1 is 1.19 bits per heavy atom. The van der Waals surface area contributed by atoms with Crippen LogP contribution in [0, 0.1) is 0 Å². The summed E-state index contributed by atoms with van der Waals surface area (Å²) in [5.41, 5.74) is 9.63. The van der Waals surface area contributed by atoms with E-state index in [-0.39, 0.29) is 0 Å². The molecule has 0 atom stereocenters. The summed E-state index contributed by atoms with van der Waals surface area (Å²) in [4.78, 5) is 4.19. The minimum atomic E-state index is 0.610. The first-order chi connectivity index (χ1) is 10.3. The summed E-state index contributed by atoms with van der Waals surface area (Å²) in [7, 11) is 1.62. The second-order valence-electron chi connectivity index (χ2n) is 4.72. The molecule has 5 nitrogen and oxygen atoms in total. The number of nitrogens with zero attached hydrogens (tertiary/aromatic N) is 3. The fraction of sp³-hybridized carbons (Fsp3) is 0.125. The standard InChI is InChI=1S/C16H16N4O/c1-21-16-13(5-3-7-18-16)10-20-11-14(9-19-20)12-4-2-6-15(17)8-12/h2-9,11H,10,17H2,1H3. The summed E-state index contributed by atoms with van der Waals surface area (Å²) in [6.07, 6.45) is 5.53. The van der Waals surface area contributed by atoms with Gasteiger partial charge >= 0.3 is 0 Å². The highest BCUT2D eigenvalue weighted by Gasteiger charge is 2.06. The van der Waals surface area contributed by atoms with Gasteiger partial charge in [0.15, 0.2) is 0 Å². The van der Waals surface area contributed by atoms with Gasteiger partial charge in [-0.15, -0.1) is 0 Å². The molecule has 0 unspecified atom stereocenters. The van der Waals surface area contributed by atoms with E-state index in [1.807, 2.05) is 53.5 Å². The lowest BCUT2D eigenvalue weighted by molar-refractivity contribution is 0.390. The quantitative estimate of drug-likeness (QED) is 0.746. The van der Waals surface area contributed by atoms with Crippen LogP contribution in [0.15, 0.2) is 55.0 Å². The van der Waals surface area contributed by atoms with Crippen LogP contribution in [0.25, 0.3) is 11.1 Å². The number of pyridine rings is 1. The fourth-order valence-corrected chi connectivity index (χ4v) is 2.22. The van der Waals surface area contributed by atoms with E-state index in [1.165, 1.54) is 0 Å². The summed E-state index contributed by atoms with van der Waals surface area (Å²) < 4.78 is 7.12. The number of nitrogens with two attached hydrogens (primary N) is 1. The second kappa shape index (κ2) is 5.66. The first-order valence-electron chi connectivity index (χ1n) is 6.62. The van der Waals surface area contributed by atoms with Crippen LogP contribution in [-0.4, -0.2) is 21.9 Å². The van der Waals surface area contributed by atoms with Crippen LogP contribution in [0.2, 0.25) is 0 Å². The molecule has 0 bridgehead atoms. The number of aromatic nitrogens is 3. The highest BCUT2D eigenvalue weighted by Crippen LogP contribution is 2.22. The maximum absolute atomic E-state index is 5.81. The molecule has 0 aliphatic heterocycles. The van der Waals surface area contributed by atoms with Gasteiger partial charge in [-0.05, 0) is 23.8 Å². The molecule has 21 heavy (non-hydrogen) atoms. The first-order valence-corrected chi connectivity index (χ1v) is 6.62. The lowest BCUT2D eigenvalue weighted by Crippen LogP contribution is -2.03. The van der Waals surface area contributed by atoms with Crippen LogP contribution in [0.4, 0.5) is 5.69 Å². The van der Waals surface area contributed by atoms with Crippen molar-refractivity contribution in [1.82, 2.24) is 14.8 Å². The summed E-state index contributed by atoms with van der Waals surface area (Å²) in [6, 6.07) is 11.6. The molecular weight excluding hydrogens is 264 g/mol. The lowest BCUT2D eigenvalue weighted by Gasteiger charge is -2.06. The molecule has 0 saturated carbocycles. The minimum absolute atomic E-state index is 0.610. The van der Waals surface area contributed by atoms with Crippen molar-refractivity contribution in [1.29, 1.82) is 0 Å². The Hall–Kier alpha value is -2.82. The predicted molar refractivity (Wildman–Crippen MR) is 82.0 cm³/mol. The molecule has 3 rings (SSSR count). The third-order valence-corrected chi connectivity index (χ3v) is 3.23. The number of anilines is 1. The Morgan fingerprint density at radius 3 is 2.90 bits per heavy atom. The van der Waals surface area contributed by atoms with Gasteiger partial charge in [0.1, 0.15) is 0 Å². The molecule has 0 spiro atoms. The third kappa shape index (κ3) is 2.86. The summed E-state index contributed by atoms with van der Waals surface area (Å²) in [6.45, 7) is 0.610. The van der Waals surface area contributed by atoms with Crippen molar-refractivity contribution in [2.45, 2.75) is 6.54 Å². The van der Waals surface area contributed by atoms with Crippen molar-refractivity contribution in [2.24, 2.45) is 0 Å². The molecule has 0 radical (unpaired) electrons. The predicted octanol–water partition coefficient (Wildman–Crippen LogP) is 2.58. The molecule has 0 aliphatic carbocycles. The average Bonchev–Trinajstić information content (AvgIpc) is 2.96. The van der Waals surface area contributed by atoms with Gasteiger partial charge in [0.05, 0.1) is 19.9 Å². The van der Waals surface area contributed by atoms with E-state index in [1.54, 1.807) is 13.3 Å². The van der Waals surface area contributed by atoms with Crippen molar-refractivity contribution >= 4 is 5.69 Å². The van der Waals surface area contributed by atoms with Gasteiger partial charge < -0.3 is 10.5 Å². The van der Waals surface area contributed by atoms with E-state index < -0.39 is 0 Å². The van der Waals surface area contributed by atoms with Crippen molar-refractivity contribution in [3.63, 3.8) is 0 Å². The molecule has 0 saturated heterocycles. The fourth-order valence-electron chi connectivity index (χ4n) is 2.22. The topological polar surface area (TPSA) is 66.0 Å². The smallest absolute Gasteiger partial charge is 0.218 e. The summed E-state index contributed by atoms with van der Waals surface area (Å²) >= 11 is 0. The van der Waals surface area contributed by atoms with Gasteiger partial charge in [0.25, 0.3) is 0 Å². The molecule has 106 valence electrons. The zero-order valence-corrected chi connectivity index (χ0v) is 11.7.